The van der Waals surface area contributed by atoms with E-state index in [0.29, 0.717) is 12.3 Å². The lowest BCUT2D eigenvalue weighted by atomic mass is 9.98. The predicted octanol–water partition coefficient (Wildman–Crippen LogP) is 2.95. The van der Waals surface area contributed by atoms with Gasteiger partial charge >= 0.3 is 5.97 Å². The van der Waals surface area contributed by atoms with Gasteiger partial charge < -0.3 is 5.11 Å². The second-order valence-electron chi connectivity index (χ2n) is 5.67. The van der Waals surface area contributed by atoms with Gasteiger partial charge in [0.1, 0.15) is 5.82 Å². The van der Waals surface area contributed by atoms with Crippen LogP contribution in [-0.4, -0.2) is 21.0 Å². The molecule has 19 heavy (non-hydrogen) atoms. The smallest absolute Gasteiger partial charge is 0.306 e. The Labute approximate surface area is 115 Å². The van der Waals surface area contributed by atoms with Crippen LogP contribution >= 0.6 is 0 Å². The quantitative estimate of drug-likeness (QED) is 0.858. The number of aryl methyl sites for hydroxylation is 3. The Morgan fingerprint density at radius 2 is 1.68 bits per heavy atom. The third kappa shape index (κ3) is 4.62. The third-order valence-electron chi connectivity index (χ3n) is 3.34. The Balaban J connectivity index is 2.88. The third-order valence-corrected chi connectivity index (χ3v) is 3.34. The number of carboxylic acid groups (broad SMARTS) is 1. The summed E-state index contributed by atoms with van der Waals surface area (Å²) in [5, 5.41) is 8.98. The zero-order valence-corrected chi connectivity index (χ0v) is 12.5. The zero-order valence-electron chi connectivity index (χ0n) is 12.5. The van der Waals surface area contributed by atoms with Crippen molar-refractivity contribution in [1.82, 2.24) is 9.97 Å². The van der Waals surface area contributed by atoms with Crippen LogP contribution in [-0.2, 0) is 17.6 Å². The van der Waals surface area contributed by atoms with Crippen LogP contribution in [0.4, 0.5) is 0 Å². The van der Waals surface area contributed by atoms with Crippen molar-refractivity contribution < 1.29 is 9.90 Å². The van der Waals surface area contributed by atoms with Crippen molar-refractivity contribution in [3.63, 3.8) is 0 Å². The van der Waals surface area contributed by atoms with Gasteiger partial charge in [0, 0.05) is 17.8 Å². The molecule has 0 aliphatic heterocycles. The average molecular weight is 264 g/mol. The van der Waals surface area contributed by atoms with E-state index in [1.807, 2.05) is 13.8 Å². The summed E-state index contributed by atoms with van der Waals surface area (Å²) in [4.78, 5) is 20.0. The highest BCUT2D eigenvalue weighted by molar-refractivity contribution is 5.70. The maximum atomic E-state index is 10.9. The summed E-state index contributed by atoms with van der Waals surface area (Å²) in [7, 11) is 0. The van der Waals surface area contributed by atoms with Gasteiger partial charge in [0.25, 0.3) is 0 Å². The van der Waals surface area contributed by atoms with Crippen LogP contribution in [0.2, 0.25) is 0 Å². The molecule has 4 nitrogen and oxygen atoms in total. The average Bonchev–Trinajstić information content (AvgIpc) is 2.30. The van der Waals surface area contributed by atoms with Crippen LogP contribution in [0.1, 0.15) is 50.0 Å². The first-order valence-electron chi connectivity index (χ1n) is 6.87. The first-order chi connectivity index (χ1) is 8.81. The van der Waals surface area contributed by atoms with Crippen molar-refractivity contribution in [2.75, 3.05) is 0 Å². The number of nitrogens with zero attached hydrogens (tertiary/aromatic N) is 2. The van der Waals surface area contributed by atoms with Crippen molar-refractivity contribution >= 4 is 5.97 Å². The minimum absolute atomic E-state index is 0.400. The predicted molar refractivity (Wildman–Crippen MR) is 75.2 cm³/mol. The molecule has 1 aromatic heterocycles. The minimum atomic E-state index is -0.775. The van der Waals surface area contributed by atoms with Gasteiger partial charge in [-0.05, 0) is 38.2 Å². The fourth-order valence-corrected chi connectivity index (χ4v) is 2.03. The summed E-state index contributed by atoms with van der Waals surface area (Å²) in [6.45, 7) is 9.97. The van der Waals surface area contributed by atoms with E-state index in [2.05, 4.69) is 23.8 Å². The lowest BCUT2D eigenvalue weighted by molar-refractivity contribution is -0.141. The fourth-order valence-electron chi connectivity index (χ4n) is 2.03. The maximum Gasteiger partial charge on any atom is 0.306 e. The highest BCUT2D eigenvalue weighted by atomic mass is 16.4. The van der Waals surface area contributed by atoms with Gasteiger partial charge in [0.15, 0.2) is 0 Å². The molecule has 1 heterocycles. The molecule has 0 aromatic carbocycles. The number of carboxylic acids is 1. The molecule has 1 aromatic rings. The molecule has 0 aliphatic rings. The maximum absolute atomic E-state index is 10.9. The Morgan fingerprint density at radius 1 is 1.16 bits per heavy atom. The first kappa shape index (κ1) is 15.6. The standard InChI is InChI=1S/C15H24N2O2/c1-9(2)6-7-14-16-11(4)13(12(5)17-14)8-10(3)15(18)19/h9-10H,6-8H2,1-5H3,(H,18,19). The molecule has 1 atom stereocenters. The second kappa shape index (κ2) is 6.64. The van der Waals surface area contributed by atoms with E-state index in [-0.39, 0.29) is 0 Å². The van der Waals surface area contributed by atoms with Gasteiger partial charge in [-0.15, -0.1) is 0 Å². The molecule has 0 bridgehead atoms. The largest absolute Gasteiger partial charge is 0.481 e. The number of hydrogen-bond acceptors (Lipinski definition) is 3. The highest BCUT2D eigenvalue weighted by Gasteiger charge is 2.16. The van der Waals surface area contributed by atoms with E-state index in [9.17, 15) is 4.79 Å². The van der Waals surface area contributed by atoms with Crippen LogP contribution < -0.4 is 0 Å². The number of hydrogen-bond donors (Lipinski definition) is 1. The Kier molecular flexibility index (Phi) is 5.45. The molecule has 0 amide bonds. The number of aliphatic carboxylic acids is 1. The Morgan fingerprint density at radius 3 is 2.11 bits per heavy atom. The first-order valence-corrected chi connectivity index (χ1v) is 6.87. The molecule has 1 N–H and O–H groups in total. The Bertz CT molecular complexity index is 432. The van der Waals surface area contributed by atoms with Crippen LogP contribution in [0.25, 0.3) is 0 Å². The van der Waals surface area contributed by atoms with Gasteiger partial charge in [0.2, 0.25) is 0 Å². The van der Waals surface area contributed by atoms with Gasteiger partial charge in [-0.1, -0.05) is 20.8 Å². The summed E-state index contributed by atoms with van der Waals surface area (Å²) in [5.41, 5.74) is 2.81. The van der Waals surface area contributed by atoms with Crippen molar-refractivity contribution in [3.8, 4) is 0 Å². The number of aromatic nitrogens is 2. The second-order valence-corrected chi connectivity index (χ2v) is 5.67. The zero-order chi connectivity index (χ0) is 14.6. The summed E-state index contributed by atoms with van der Waals surface area (Å²) in [5.74, 6) is 0.330. The van der Waals surface area contributed by atoms with Crippen LogP contribution in [0, 0.1) is 25.7 Å². The van der Waals surface area contributed by atoms with Crippen LogP contribution in [0.3, 0.4) is 0 Å². The monoisotopic (exact) mass is 264 g/mol. The normalized spacial score (nSPS) is 12.7. The van der Waals surface area contributed by atoms with E-state index in [4.69, 9.17) is 5.11 Å². The van der Waals surface area contributed by atoms with Crippen molar-refractivity contribution in [3.05, 3.63) is 22.8 Å². The Hall–Kier alpha value is -1.45. The van der Waals surface area contributed by atoms with Crippen LogP contribution in [0.5, 0.6) is 0 Å². The summed E-state index contributed by atoms with van der Waals surface area (Å²) in [6, 6.07) is 0. The molecule has 0 saturated carbocycles. The SMILES string of the molecule is Cc1nc(CCC(C)C)nc(C)c1CC(C)C(=O)O. The molecule has 0 fully saturated rings. The summed E-state index contributed by atoms with van der Waals surface area (Å²) >= 11 is 0. The topological polar surface area (TPSA) is 63.1 Å². The highest BCUT2D eigenvalue weighted by Crippen LogP contribution is 2.17. The van der Waals surface area contributed by atoms with E-state index >= 15 is 0 Å². The number of carbonyl (C=O) groups is 1. The van der Waals surface area contributed by atoms with Gasteiger partial charge in [0.05, 0.1) is 5.92 Å². The minimum Gasteiger partial charge on any atom is -0.481 e. The molecular formula is C15H24N2O2. The molecule has 0 aliphatic carbocycles. The van der Waals surface area contributed by atoms with E-state index in [1.165, 1.54) is 0 Å². The van der Waals surface area contributed by atoms with E-state index in [1.54, 1.807) is 6.92 Å². The molecule has 1 unspecified atom stereocenters. The van der Waals surface area contributed by atoms with Gasteiger partial charge in [-0.2, -0.15) is 0 Å². The molecule has 4 heteroatoms. The van der Waals surface area contributed by atoms with Gasteiger partial charge in [-0.25, -0.2) is 9.97 Å². The van der Waals surface area contributed by atoms with Crippen molar-refractivity contribution in [1.29, 1.82) is 0 Å². The molecule has 106 valence electrons. The summed E-state index contributed by atoms with van der Waals surface area (Å²) in [6.07, 6.45) is 2.45. The molecule has 0 spiro atoms. The summed E-state index contributed by atoms with van der Waals surface area (Å²) < 4.78 is 0. The fraction of sp³-hybridized carbons (Fsp3) is 0.667. The lowest BCUT2D eigenvalue weighted by Crippen LogP contribution is -2.15. The van der Waals surface area contributed by atoms with Gasteiger partial charge in [-0.3, -0.25) is 4.79 Å². The molecule has 0 saturated heterocycles. The lowest BCUT2D eigenvalue weighted by Gasteiger charge is -2.13. The van der Waals surface area contributed by atoms with E-state index in [0.717, 1.165) is 35.6 Å². The molecular weight excluding hydrogens is 240 g/mol. The van der Waals surface area contributed by atoms with Crippen molar-refractivity contribution in [2.24, 2.45) is 11.8 Å². The van der Waals surface area contributed by atoms with Crippen LogP contribution in [0.15, 0.2) is 0 Å². The van der Waals surface area contributed by atoms with E-state index < -0.39 is 11.9 Å². The molecule has 0 radical (unpaired) electrons. The molecule has 1 rings (SSSR count). The van der Waals surface area contributed by atoms with Crippen molar-refractivity contribution in [2.45, 2.75) is 53.9 Å². The number of rotatable bonds is 6.